The lowest BCUT2D eigenvalue weighted by Crippen LogP contribution is -2.22. The van der Waals surface area contributed by atoms with E-state index >= 15 is 0 Å². The fraction of sp³-hybridized carbons (Fsp3) is 0.278. The fourth-order valence-electron chi connectivity index (χ4n) is 3.27. The number of nitrogens with one attached hydrogen (secondary N) is 1. The van der Waals surface area contributed by atoms with Gasteiger partial charge in [-0.2, -0.15) is 0 Å². The monoisotopic (exact) mass is 293 g/mol. The van der Waals surface area contributed by atoms with Gasteiger partial charge >= 0.3 is 0 Å². The Hall–Kier alpha value is -2.49. The van der Waals surface area contributed by atoms with Gasteiger partial charge in [-0.1, -0.05) is 0 Å². The molecule has 1 aliphatic heterocycles. The summed E-state index contributed by atoms with van der Waals surface area (Å²) in [6, 6.07) is 8.87. The summed E-state index contributed by atoms with van der Waals surface area (Å²) in [7, 11) is 1.74. The van der Waals surface area contributed by atoms with E-state index < -0.39 is 0 Å². The molecule has 3 aromatic rings. The number of hydrogen-bond acceptors (Lipinski definition) is 3. The fourth-order valence-corrected chi connectivity index (χ4v) is 3.27. The highest BCUT2D eigenvalue weighted by molar-refractivity contribution is 5.80. The molecule has 0 saturated heterocycles. The van der Waals surface area contributed by atoms with Crippen LogP contribution < -0.4 is 10.1 Å². The van der Waals surface area contributed by atoms with Gasteiger partial charge in [0.2, 0.25) is 0 Å². The van der Waals surface area contributed by atoms with Crippen molar-refractivity contribution in [1.29, 1.82) is 0 Å². The molecule has 1 atom stereocenters. The molecule has 22 heavy (non-hydrogen) atoms. The summed E-state index contributed by atoms with van der Waals surface area (Å²) in [6.07, 6.45) is 8.12. The van der Waals surface area contributed by atoms with Crippen LogP contribution in [0.25, 0.3) is 16.8 Å². The van der Waals surface area contributed by atoms with Gasteiger partial charge in [-0.25, -0.2) is 4.98 Å². The summed E-state index contributed by atoms with van der Waals surface area (Å²) in [5.74, 6) is 0.926. The summed E-state index contributed by atoms with van der Waals surface area (Å²) in [4.78, 5) is 4.31. The van der Waals surface area contributed by atoms with Crippen molar-refractivity contribution in [1.82, 2.24) is 9.38 Å². The van der Waals surface area contributed by atoms with E-state index in [4.69, 9.17) is 4.74 Å². The molecule has 112 valence electrons. The number of aromatic nitrogens is 2. The molecule has 0 amide bonds. The van der Waals surface area contributed by atoms with Crippen LogP contribution in [0.4, 0.5) is 5.69 Å². The van der Waals surface area contributed by atoms with Gasteiger partial charge in [-0.15, -0.1) is 0 Å². The van der Waals surface area contributed by atoms with Crippen LogP contribution in [-0.2, 0) is 6.42 Å². The molecule has 0 spiro atoms. The van der Waals surface area contributed by atoms with Gasteiger partial charge in [0.15, 0.2) is 0 Å². The number of nitrogens with zero attached hydrogens (tertiary/aromatic N) is 2. The van der Waals surface area contributed by atoms with Gasteiger partial charge in [0, 0.05) is 41.4 Å². The summed E-state index contributed by atoms with van der Waals surface area (Å²) in [6.45, 7) is 2.23. The maximum absolute atomic E-state index is 5.63. The highest BCUT2D eigenvalue weighted by atomic mass is 16.5. The highest BCUT2D eigenvalue weighted by Crippen LogP contribution is 2.40. The molecule has 1 unspecified atom stereocenters. The maximum Gasteiger partial charge on any atom is 0.136 e. The van der Waals surface area contributed by atoms with Gasteiger partial charge in [0.1, 0.15) is 11.4 Å². The number of hydrogen-bond donors (Lipinski definition) is 1. The van der Waals surface area contributed by atoms with Crippen molar-refractivity contribution in [2.24, 2.45) is 0 Å². The molecule has 4 rings (SSSR count). The second-order valence-electron chi connectivity index (χ2n) is 5.86. The first-order valence-corrected chi connectivity index (χ1v) is 7.66. The molecule has 4 heteroatoms. The van der Waals surface area contributed by atoms with Gasteiger partial charge in [-0.05, 0) is 49.6 Å². The van der Waals surface area contributed by atoms with Crippen LogP contribution in [-0.4, -0.2) is 22.5 Å². The van der Waals surface area contributed by atoms with Crippen LogP contribution in [0.2, 0.25) is 0 Å². The summed E-state index contributed by atoms with van der Waals surface area (Å²) in [5.41, 5.74) is 5.88. The molecule has 0 bridgehead atoms. The zero-order valence-corrected chi connectivity index (χ0v) is 12.8. The minimum absolute atomic E-state index is 0.518. The first kappa shape index (κ1) is 13.2. The van der Waals surface area contributed by atoms with Crippen LogP contribution in [0.15, 0.2) is 42.9 Å². The Morgan fingerprint density at radius 2 is 2.18 bits per heavy atom. The topological polar surface area (TPSA) is 38.6 Å². The molecule has 0 saturated carbocycles. The molecule has 1 N–H and O–H groups in total. The molecule has 0 radical (unpaired) electrons. The van der Waals surface area contributed by atoms with Crippen molar-refractivity contribution in [3.63, 3.8) is 0 Å². The predicted molar refractivity (Wildman–Crippen MR) is 88.6 cm³/mol. The maximum atomic E-state index is 5.63. The number of ether oxygens (including phenoxy) is 1. The lowest BCUT2D eigenvalue weighted by atomic mass is 9.90. The molecule has 0 fully saturated rings. The average molecular weight is 293 g/mol. The zero-order chi connectivity index (χ0) is 15.1. The van der Waals surface area contributed by atoms with Crippen LogP contribution in [0.1, 0.15) is 18.9 Å². The van der Waals surface area contributed by atoms with Crippen molar-refractivity contribution >= 4 is 11.3 Å². The lowest BCUT2D eigenvalue weighted by Gasteiger charge is -2.27. The molecule has 0 aliphatic carbocycles. The molecular formula is C18H19N3O. The molecule has 1 aromatic carbocycles. The van der Waals surface area contributed by atoms with E-state index in [9.17, 15) is 0 Å². The van der Waals surface area contributed by atoms with Gasteiger partial charge < -0.3 is 14.5 Å². The van der Waals surface area contributed by atoms with Crippen molar-refractivity contribution in [3.05, 3.63) is 48.4 Å². The van der Waals surface area contributed by atoms with Crippen LogP contribution in [0.5, 0.6) is 5.75 Å². The van der Waals surface area contributed by atoms with Crippen LogP contribution >= 0.6 is 0 Å². The Labute approximate surface area is 129 Å². The number of anilines is 1. The van der Waals surface area contributed by atoms with E-state index in [0.29, 0.717) is 6.04 Å². The molecular weight excluding hydrogens is 274 g/mol. The minimum Gasteiger partial charge on any atom is -0.496 e. The molecule has 3 heterocycles. The van der Waals surface area contributed by atoms with E-state index in [1.54, 1.807) is 7.11 Å². The third-order valence-corrected chi connectivity index (χ3v) is 4.40. The SMILES string of the molecule is COc1ccc2c(c1-c1ccc3nccn3c1)CCC(C)N2. The van der Waals surface area contributed by atoms with E-state index in [-0.39, 0.29) is 0 Å². The Morgan fingerprint density at radius 1 is 1.27 bits per heavy atom. The summed E-state index contributed by atoms with van der Waals surface area (Å²) >= 11 is 0. The third kappa shape index (κ3) is 2.03. The predicted octanol–water partition coefficient (Wildman–Crippen LogP) is 3.76. The van der Waals surface area contributed by atoms with Gasteiger partial charge in [0.05, 0.1) is 7.11 Å². The second kappa shape index (κ2) is 5.05. The highest BCUT2D eigenvalue weighted by Gasteiger charge is 2.21. The average Bonchev–Trinajstić information content (AvgIpc) is 3.01. The normalized spacial score (nSPS) is 17.1. The second-order valence-corrected chi connectivity index (χ2v) is 5.86. The summed E-state index contributed by atoms with van der Waals surface area (Å²) < 4.78 is 7.68. The van der Waals surface area contributed by atoms with Crippen molar-refractivity contribution < 1.29 is 4.74 Å². The summed E-state index contributed by atoms with van der Waals surface area (Å²) in [5, 5.41) is 3.58. The van der Waals surface area contributed by atoms with Gasteiger partial charge in [-0.3, -0.25) is 0 Å². The van der Waals surface area contributed by atoms with Crippen LogP contribution in [0.3, 0.4) is 0 Å². The Kier molecular flexibility index (Phi) is 3.03. The first-order valence-electron chi connectivity index (χ1n) is 7.66. The molecule has 1 aliphatic rings. The zero-order valence-electron chi connectivity index (χ0n) is 12.8. The van der Waals surface area contributed by atoms with Crippen LogP contribution in [0, 0.1) is 0 Å². The lowest BCUT2D eigenvalue weighted by molar-refractivity contribution is 0.415. The third-order valence-electron chi connectivity index (χ3n) is 4.40. The van der Waals surface area contributed by atoms with Crippen molar-refractivity contribution in [3.8, 4) is 16.9 Å². The molecule has 2 aromatic heterocycles. The first-order chi connectivity index (χ1) is 10.8. The Balaban J connectivity index is 1.93. The standard InChI is InChI=1S/C18H19N3O/c1-12-3-5-14-15(20-12)6-7-16(22-2)18(14)13-4-8-17-19-9-10-21(17)11-13/h4,6-12,20H,3,5H2,1-2H3. The van der Waals surface area contributed by atoms with E-state index in [0.717, 1.165) is 29.8 Å². The number of methoxy groups -OCH3 is 1. The van der Waals surface area contributed by atoms with E-state index in [1.807, 2.05) is 22.9 Å². The van der Waals surface area contributed by atoms with Crippen molar-refractivity contribution in [2.75, 3.05) is 12.4 Å². The number of pyridine rings is 1. The Morgan fingerprint density at radius 3 is 3.05 bits per heavy atom. The van der Waals surface area contributed by atoms with Gasteiger partial charge in [0.25, 0.3) is 0 Å². The number of imidazole rings is 1. The minimum atomic E-state index is 0.518. The van der Waals surface area contributed by atoms with E-state index in [2.05, 4.69) is 41.6 Å². The smallest absolute Gasteiger partial charge is 0.136 e. The number of benzene rings is 1. The quantitative estimate of drug-likeness (QED) is 0.782. The number of fused-ring (bicyclic) bond motifs is 2. The number of rotatable bonds is 2. The van der Waals surface area contributed by atoms with E-state index in [1.165, 1.54) is 16.8 Å². The van der Waals surface area contributed by atoms with Crippen molar-refractivity contribution in [2.45, 2.75) is 25.8 Å². The Bertz CT molecular complexity index is 837. The largest absolute Gasteiger partial charge is 0.496 e. The molecule has 4 nitrogen and oxygen atoms in total.